The number of rotatable bonds is 5. The highest BCUT2D eigenvalue weighted by Gasteiger charge is 2.13. The second kappa shape index (κ2) is 6.05. The molecule has 1 saturated heterocycles. The minimum Gasteiger partial charge on any atom is -0.379 e. The highest BCUT2D eigenvalue weighted by molar-refractivity contribution is 5.51. The van der Waals surface area contributed by atoms with Crippen molar-refractivity contribution in [3.63, 3.8) is 0 Å². The third kappa shape index (κ3) is 2.99. The van der Waals surface area contributed by atoms with Crippen LogP contribution < -0.4 is 5.32 Å². The summed E-state index contributed by atoms with van der Waals surface area (Å²) >= 11 is 0. The number of hydrogen-bond donors (Lipinski definition) is 1. The van der Waals surface area contributed by atoms with E-state index in [0.29, 0.717) is 0 Å². The number of hydrogen-bond acceptors (Lipinski definition) is 4. The Balaban J connectivity index is 1.67. The average Bonchev–Trinajstić information content (AvgIpc) is 3.10. The fraction of sp³-hybridized carbons (Fsp3) is 0.467. The molecule has 1 aliphatic rings. The molecule has 0 atom stereocenters. The molecule has 0 amide bonds. The van der Waals surface area contributed by atoms with Crippen molar-refractivity contribution in [3.05, 3.63) is 41.7 Å². The number of aryl methyl sites for hydroxylation is 1. The predicted octanol–water partition coefficient (Wildman–Crippen LogP) is 2.02. The minimum absolute atomic E-state index is 0.751. The van der Waals surface area contributed by atoms with Crippen molar-refractivity contribution in [3.8, 4) is 0 Å². The molecule has 3 rings (SSSR count). The molecule has 0 radical (unpaired) electrons. The van der Waals surface area contributed by atoms with Crippen molar-refractivity contribution in [2.75, 3.05) is 18.4 Å². The monoisotopic (exact) mass is 271 g/mol. The van der Waals surface area contributed by atoms with E-state index < -0.39 is 0 Å². The van der Waals surface area contributed by atoms with Gasteiger partial charge in [0.25, 0.3) is 0 Å². The molecule has 0 spiro atoms. The number of likely N-dealkylation sites (tertiary alicyclic amines) is 1. The van der Waals surface area contributed by atoms with E-state index in [9.17, 15) is 0 Å². The highest BCUT2D eigenvalue weighted by atomic mass is 15.4. The number of benzene rings is 1. The van der Waals surface area contributed by atoms with Crippen LogP contribution in [0.2, 0.25) is 0 Å². The van der Waals surface area contributed by atoms with Gasteiger partial charge in [-0.05, 0) is 37.6 Å². The molecular weight excluding hydrogens is 250 g/mol. The second-order valence-electron chi connectivity index (χ2n) is 5.34. The Morgan fingerprint density at radius 3 is 2.75 bits per heavy atom. The van der Waals surface area contributed by atoms with Gasteiger partial charge in [-0.15, -0.1) is 5.10 Å². The maximum atomic E-state index is 3.95. The van der Waals surface area contributed by atoms with Crippen LogP contribution >= 0.6 is 0 Å². The first-order chi connectivity index (χ1) is 9.83. The molecule has 1 N–H and O–H groups in total. The van der Waals surface area contributed by atoms with Crippen LogP contribution in [0.3, 0.4) is 0 Å². The third-order valence-electron chi connectivity index (χ3n) is 3.88. The van der Waals surface area contributed by atoms with Crippen LogP contribution in [0.4, 0.5) is 5.69 Å². The van der Waals surface area contributed by atoms with E-state index in [2.05, 4.69) is 44.8 Å². The van der Waals surface area contributed by atoms with Crippen molar-refractivity contribution >= 4 is 5.69 Å². The summed E-state index contributed by atoms with van der Waals surface area (Å²) in [6.07, 6.45) is 4.46. The molecule has 2 heterocycles. The van der Waals surface area contributed by atoms with Gasteiger partial charge in [-0.3, -0.25) is 9.58 Å². The Hall–Kier alpha value is -1.88. The number of para-hydroxylation sites is 1. The van der Waals surface area contributed by atoms with Crippen LogP contribution in [0.1, 0.15) is 24.1 Å². The lowest BCUT2D eigenvalue weighted by Gasteiger charge is -2.18. The molecule has 0 saturated carbocycles. The zero-order valence-corrected chi connectivity index (χ0v) is 11.9. The van der Waals surface area contributed by atoms with Crippen molar-refractivity contribution in [1.29, 1.82) is 0 Å². The van der Waals surface area contributed by atoms with Gasteiger partial charge >= 0.3 is 0 Å². The van der Waals surface area contributed by atoms with E-state index in [-0.39, 0.29) is 0 Å². The second-order valence-corrected chi connectivity index (χ2v) is 5.34. The molecule has 0 aliphatic carbocycles. The molecule has 0 bridgehead atoms. The summed E-state index contributed by atoms with van der Waals surface area (Å²) in [6.45, 7) is 4.23. The molecule has 1 aromatic heterocycles. The third-order valence-corrected chi connectivity index (χ3v) is 3.88. The van der Waals surface area contributed by atoms with E-state index in [4.69, 9.17) is 0 Å². The summed E-state index contributed by atoms with van der Waals surface area (Å²) in [5, 5.41) is 11.4. The van der Waals surface area contributed by atoms with E-state index in [1.807, 2.05) is 7.05 Å². The summed E-state index contributed by atoms with van der Waals surface area (Å²) in [6, 6.07) is 8.55. The van der Waals surface area contributed by atoms with Gasteiger partial charge in [0.1, 0.15) is 0 Å². The molecule has 5 heteroatoms. The van der Waals surface area contributed by atoms with Crippen LogP contribution in [-0.4, -0.2) is 33.0 Å². The van der Waals surface area contributed by atoms with Crippen LogP contribution in [-0.2, 0) is 20.1 Å². The predicted molar refractivity (Wildman–Crippen MR) is 79.3 cm³/mol. The topological polar surface area (TPSA) is 46.0 Å². The number of nitrogens with one attached hydrogen (secondary N) is 1. The quantitative estimate of drug-likeness (QED) is 0.904. The molecule has 0 unspecified atom stereocenters. The molecule has 1 aromatic carbocycles. The largest absolute Gasteiger partial charge is 0.379 e. The van der Waals surface area contributed by atoms with Gasteiger partial charge in [-0.1, -0.05) is 23.4 Å². The van der Waals surface area contributed by atoms with Crippen LogP contribution in [0.5, 0.6) is 0 Å². The fourth-order valence-electron chi connectivity index (χ4n) is 2.67. The molecule has 1 fully saturated rings. The number of anilines is 1. The van der Waals surface area contributed by atoms with E-state index in [1.165, 1.54) is 37.2 Å². The van der Waals surface area contributed by atoms with Crippen molar-refractivity contribution in [2.24, 2.45) is 7.05 Å². The van der Waals surface area contributed by atoms with Gasteiger partial charge in [0.2, 0.25) is 0 Å². The summed E-state index contributed by atoms with van der Waals surface area (Å²) in [5.41, 5.74) is 3.66. The van der Waals surface area contributed by atoms with Gasteiger partial charge in [0.05, 0.1) is 18.4 Å². The summed E-state index contributed by atoms with van der Waals surface area (Å²) in [5.74, 6) is 0. The molecule has 106 valence electrons. The molecular formula is C15H21N5. The maximum absolute atomic E-state index is 3.95. The van der Waals surface area contributed by atoms with E-state index in [1.54, 1.807) is 10.9 Å². The number of aromatic nitrogens is 3. The Bertz CT molecular complexity index is 557. The van der Waals surface area contributed by atoms with Crippen molar-refractivity contribution < 1.29 is 0 Å². The Kier molecular flexibility index (Phi) is 3.97. The number of nitrogens with zero attached hydrogens (tertiary/aromatic N) is 4. The average molecular weight is 271 g/mol. The Morgan fingerprint density at radius 2 is 2.00 bits per heavy atom. The summed E-state index contributed by atoms with van der Waals surface area (Å²) < 4.78 is 1.80. The van der Waals surface area contributed by atoms with Gasteiger partial charge in [0.15, 0.2) is 0 Å². The van der Waals surface area contributed by atoms with Gasteiger partial charge in [0, 0.05) is 19.3 Å². The molecule has 2 aromatic rings. The zero-order valence-electron chi connectivity index (χ0n) is 11.9. The molecule has 20 heavy (non-hydrogen) atoms. The zero-order chi connectivity index (χ0) is 13.8. The SMILES string of the molecule is Cn1nncc1CNc1ccccc1CN1CCCC1. The first kappa shape index (κ1) is 13.1. The van der Waals surface area contributed by atoms with Crippen molar-refractivity contribution in [1.82, 2.24) is 19.9 Å². The standard InChI is InChI=1S/C15H21N5/c1-19-14(11-17-18-19)10-16-15-7-3-2-6-13(15)12-20-8-4-5-9-20/h2-3,6-7,11,16H,4-5,8-10,12H2,1H3. The van der Waals surface area contributed by atoms with Crippen molar-refractivity contribution in [2.45, 2.75) is 25.9 Å². The van der Waals surface area contributed by atoms with Gasteiger partial charge in [-0.25, -0.2) is 0 Å². The molecule has 1 aliphatic heterocycles. The van der Waals surface area contributed by atoms with Crippen LogP contribution in [0, 0.1) is 0 Å². The van der Waals surface area contributed by atoms with Crippen LogP contribution in [0.25, 0.3) is 0 Å². The lowest BCUT2D eigenvalue weighted by molar-refractivity contribution is 0.332. The van der Waals surface area contributed by atoms with E-state index in [0.717, 1.165) is 18.8 Å². The maximum Gasteiger partial charge on any atom is 0.0774 e. The Morgan fingerprint density at radius 1 is 1.20 bits per heavy atom. The minimum atomic E-state index is 0.751. The smallest absolute Gasteiger partial charge is 0.0774 e. The lowest BCUT2D eigenvalue weighted by atomic mass is 10.1. The first-order valence-corrected chi connectivity index (χ1v) is 7.20. The normalized spacial score (nSPS) is 15.7. The lowest BCUT2D eigenvalue weighted by Crippen LogP contribution is -2.19. The summed E-state index contributed by atoms with van der Waals surface area (Å²) in [4.78, 5) is 2.52. The molecule has 5 nitrogen and oxygen atoms in total. The van der Waals surface area contributed by atoms with E-state index >= 15 is 0 Å². The Labute approximate surface area is 119 Å². The van der Waals surface area contributed by atoms with Gasteiger partial charge in [-0.2, -0.15) is 0 Å². The van der Waals surface area contributed by atoms with Gasteiger partial charge < -0.3 is 5.32 Å². The highest BCUT2D eigenvalue weighted by Crippen LogP contribution is 2.20. The fourth-order valence-corrected chi connectivity index (χ4v) is 2.67. The first-order valence-electron chi connectivity index (χ1n) is 7.20. The summed E-state index contributed by atoms with van der Waals surface area (Å²) in [7, 11) is 1.92. The van der Waals surface area contributed by atoms with Crippen LogP contribution in [0.15, 0.2) is 30.5 Å².